The number of methoxy groups -OCH3 is 2. The van der Waals surface area contributed by atoms with Crippen molar-refractivity contribution in [3.05, 3.63) is 47.2 Å². The number of piperidine rings is 1. The molecule has 0 bridgehead atoms. The van der Waals surface area contributed by atoms with Crippen molar-refractivity contribution in [1.29, 1.82) is 0 Å². The Morgan fingerprint density at radius 2 is 1.85 bits per heavy atom. The van der Waals surface area contributed by atoms with Gasteiger partial charge in [0.2, 0.25) is 0 Å². The number of aromatic amines is 1. The van der Waals surface area contributed by atoms with Gasteiger partial charge in [0.05, 0.1) is 37.5 Å². The molecular formula is C25H30N4O4S. The second-order valence-electron chi connectivity index (χ2n) is 8.83. The van der Waals surface area contributed by atoms with Crippen molar-refractivity contribution in [2.75, 3.05) is 45.3 Å². The third kappa shape index (κ3) is 4.37. The van der Waals surface area contributed by atoms with Crippen LogP contribution >= 0.6 is 12.2 Å². The van der Waals surface area contributed by atoms with Crippen LogP contribution in [0.4, 0.5) is 10.5 Å². The topological polar surface area (TPSA) is 72.0 Å². The molecule has 5 rings (SSSR count). The van der Waals surface area contributed by atoms with Gasteiger partial charge in [0.1, 0.15) is 6.10 Å². The number of benzene rings is 2. The number of hydrogen-bond donors (Lipinski definition) is 1. The van der Waals surface area contributed by atoms with Crippen molar-refractivity contribution in [1.82, 2.24) is 14.5 Å². The van der Waals surface area contributed by atoms with Crippen molar-refractivity contribution in [3.63, 3.8) is 0 Å². The van der Waals surface area contributed by atoms with Gasteiger partial charge in [-0.1, -0.05) is 12.1 Å². The minimum absolute atomic E-state index is 0.124. The number of likely N-dealkylation sites (tertiary alicyclic amines) is 1. The van der Waals surface area contributed by atoms with E-state index in [0.29, 0.717) is 24.1 Å². The van der Waals surface area contributed by atoms with Gasteiger partial charge in [-0.3, -0.25) is 4.90 Å². The molecule has 34 heavy (non-hydrogen) atoms. The van der Waals surface area contributed by atoms with Crippen molar-refractivity contribution in [2.24, 2.45) is 0 Å². The van der Waals surface area contributed by atoms with Gasteiger partial charge in [-0.2, -0.15) is 0 Å². The summed E-state index contributed by atoms with van der Waals surface area (Å²) >= 11 is 5.61. The molecule has 1 N–H and O–H groups in total. The van der Waals surface area contributed by atoms with Crippen LogP contribution in [0, 0.1) is 4.77 Å². The number of ether oxygens (including phenoxy) is 3. The summed E-state index contributed by atoms with van der Waals surface area (Å²) in [4.78, 5) is 20.0. The Kier molecular flexibility index (Phi) is 6.47. The molecule has 1 aromatic heterocycles. The lowest BCUT2D eigenvalue weighted by atomic mass is 10.0. The Morgan fingerprint density at radius 3 is 2.62 bits per heavy atom. The minimum atomic E-state index is -0.315. The summed E-state index contributed by atoms with van der Waals surface area (Å²) < 4.78 is 19.4. The first-order chi connectivity index (χ1) is 16.6. The van der Waals surface area contributed by atoms with Gasteiger partial charge >= 0.3 is 6.09 Å². The Morgan fingerprint density at radius 1 is 1.09 bits per heavy atom. The number of fused-ring (bicyclic) bond motifs is 1. The number of imidazole rings is 1. The van der Waals surface area contributed by atoms with Gasteiger partial charge in [0.15, 0.2) is 16.3 Å². The summed E-state index contributed by atoms with van der Waals surface area (Å²) in [5.41, 5.74) is 3.03. The Labute approximate surface area is 204 Å². The predicted molar refractivity (Wildman–Crippen MR) is 134 cm³/mol. The van der Waals surface area contributed by atoms with E-state index in [4.69, 9.17) is 26.4 Å². The first kappa shape index (κ1) is 22.7. The largest absolute Gasteiger partial charge is 0.493 e. The molecule has 1 atom stereocenters. The van der Waals surface area contributed by atoms with E-state index in [0.717, 1.165) is 54.9 Å². The molecule has 1 unspecified atom stereocenters. The molecular weight excluding hydrogens is 452 g/mol. The number of anilines is 1. The molecule has 180 valence electrons. The third-order valence-electron chi connectivity index (χ3n) is 6.87. The van der Waals surface area contributed by atoms with E-state index < -0.39 is 0 Å². The summed E-state index contributed by atoms with van der Waals surface area (Å²) in [5.74, 6) is 1.22. The maximum atomic E-state index is 12.5. The van der Waals surface area contributed by atoms with Crippen LogP contribution in [0.2, 0.25) is 0 Å². The first-order valence-corrected chi connectivity index (χ1v) is 12.1. The summed E-state index contributed by atoms with van der Waals surface area (Å²) in [6.07, 6.45) is 2.48. The number of carbonyl (C=O) groups is 1. The van der Waals surface area contributed by atoms with Gasteiger partial charge < -0.3 is 28.7 Å². The molecule has 0 spiro atoms. The molecule has 2 fully saturated rings. The van der Waals surface area contributed by atoms with Crippen LogP contribution in [-0.4, -0.2) is 67.0 Å². The monoisotopic (exact) mass is 482 g/mol. The molecule has 1 amide bonds. The fraction of sp³-hybridized carbons (Fsp3) is 0.440. The first-order valence-electron chi connectivity index (χ1n) is 11.7. The Hall–Kier alpha value is -3.04. The highest BCUT2D eigenvalue weighted by Crippen LogP contribution is 2.34. The molecule has 3 heterocycles. The molecule has 2 saturated heterocycles. The summed E-state index contributed by atoms with van der Waals surface area (Å²) in [5, 5.41) is 0. The quantitative estimate of drug-likeness (QED) is 0.489. The van der Waals surface area contributed by atoms with E-state index in [1.165, 1.54) is 5.52 Å². The predicted octanol–water partition coefficient (Wildman–Crippen LogP) is 4.77. The number of hydrogen-bond acceptors (Lipinski definition) is 6. The highest BCUT2D eigenvalue weighted by Gasteiger charge is 2.33. The molecule has 2 aliphatic rings. The number of amides is 1. The average Bonchev–Trinajstić information content (AvgIpc) is 3.41. The standard InChI is InChI=1S/C25H30N4O4S/c1-31-22-8-7-18(15-23(22)32-2)28-16-19(33-25(28)30)11-14-27-12-9-17(10-13-27)29-21-6-4-3-5-20(21)26-24(29)34/h3-8,15,17,19H,9-14,16H2,1-2H3,(H,26,34). The van der Waals surface area contributed by atoms with Crippen molar-refractivity contribution < 1.29 is 19.0 Å². The molecule has 0 radical (unpaired) electrons. The fourth-order valence-corrected chi connectivity index (χ4v) is 5.40. The highest BCUT2D eigenvalue weighted by molar-refractivity contribution is 7.71. The fourth-order valence-electron chi connectivity index (χ4n) is 5.04. The van der Waals surface area contributed by atoms with Gasteiger partial charge in [-0.15, -0.1) is 0 Å². The molecule has 0 saturated carbocycles. The maximum absolute atomic E-state index is 12.5. The van der Waals surface area contributed by atoms with Gasteiger partial charge in [0.25, 0.3) is 0 Å². The highest BCUT2D eigenvalue weighted by atomic mass is 32.1. The van der Waals surface area contributed by atoms with E-state index in [9.17, 15) is 4.79 Å². The molecule has 8 nitrogen and oxygen atoms in total. The second-order valence-corrected chi connectivity index (χ2v) is 9.22. The summed E-state index contributed by atoms with van der Waals surface area (Å²) in [6, 6.07) is 14.2. The van der Waals surface area contributed by atoms with Crippen LogP contribution in [0.5, 0.6) is 11.5 Å². The number of cyclic esters (lactones) is 1. The molecule has 9 heteroatoms. The maximum Gasteiger partial charge on any atom is 0.414 e. The van der Waals surface area contributed by atoms with E-state index >= 15 is 0 Å². The third-order valence-corrected chi connectivity index (χ3v) is 7.17. The van der Waals surface area contributed by atoms with Gasteiger partial charge in [-0.25, -0.2) is 4.79 Å². The van der Waals surface area contributed by atoms with Crippen molar-refractivity contribution >= 4 is 35.0 Å². The number of para-hydroxylation sites is 2. The molecule has 0 aliphatic carbocycles. The lowest BCUT2D eigenvalue weighted by molar-refractivity contribution is 0.117. The van der Waals surface area contributed by atoms with E-state index in [-0.39, 0.29) is 12.2 Å². The van der Waals surface area contributed by atoms with Crippen LogP contribution in [0.3, 0.4) is 0 Å². The lowest BCUT2D eigenvalue weighted by Crippen LogP contribution is -2.36. The van der Waals surface area contributed by atoms with E-state index in [2.05, 4.69) is 32.7 Å². The zero-order chi connectivity index (χ0) is 23.7. The van der Waals surface area contributed by atoms with Gasteiger partial charge in [0, 0.05) is 31.7 Å². The lowest BCUT2D eigenvalue weighted by Gasteiger charge is -2.33. The Bertz CT molecular complexity index is 1230. The number of carbonyl (C=O) groups excluding carboxylic acids is 1. The zero-order valence-corrected chi connectivity index (χ0v) is 20.3. The van der Waals surface area contributed by atoms with Crippen LogP contribution in [0.1, 0.15) is 25.3 Å². The number of nitrogens with one attached hydrogen (secondary N) is 1. The van der Waals surface area contributed by atoms with Crippen molar-refractivity contribution in [2.45, 2.75) is 31.4 Å². The minimum Gasteiger partial charge on any atom is -0.493 e. The number of nitrogens with zero attached hydrogens (tertiary/aromatic N) is 3. The average molecular weight is 483 g/mol. The number of aromatic nitrogens is 2. The molecule has 2 aromatic carbocycles. The summed E-state index contributed by atoms with van der Waals surface area (Å²) in [6.45, 7) is 3.46. The normalized spacial score (nSPS) is 19.5. The number of rotatable bonds is 7. The zero-order valence-electron chi connectivity index (χ0n) is 19.5. The summed E-state index contributed by atoms with van der Waals surface area (Å²) in [7, 11) is 3.18. The second kappa shape index (κ2) is 9.68. The van der Waals surface area contributed by atoms with Crippen LogP contribution in [-0.2, 0) is 4.74 Å². The molecule has 2 aliphatic heterocycles. The SMILES string of the molecule is COc1ccc(N2CC(CCN3CCC(n4c(=S)[nH]c5ccccc54)CC3)OC2=O)cc1OC. The van der Waals surface area contributed by atoms with Crippen LogP contribution < -0.4 is 14.4 Å². The van der Waals surface area contributed by atoms with E-state index in [1.807, 2.05) is 18.2 Å². The van der Waals surface area contributed by atoms with Crippen LogP contribution in [0.25, 0.3) is 11.0 Å². The van der Waals surface area contributed by atoms with Crippen molar-refractivity contribution in [3.8, 4) is 11.5 Å². The van der Waals surface area contributed by atoms with E-state index in [1.54, 1.807) is 25.2 Å². The smallest absolute Gasteiger partial charge is 0.414 e. The molecule has 3 aromatic rings. The van der Waals surface area contributed by atoms with Crippen LogP contribution in [0.15, 0.2) is 42.5 Å². The van der Waals surface area contributed by atoms with Gasteiger partial charge in [-0.05, 0) is 55.7 Å². The number of H-pyrrole nitrogens is 1. The Balaban J connectivity index is 1.15.